The molecule has 11 heavy (non-hydrogen) atoms. The van der Waals surface area contributed by atoms with Gasteiger partial charge in [-0.15, -0.1) is 0 Å². The summed E-state index contributed by atoms with van der Waals surface area (Å²) in [6.45, 7) is 4.28. The maximum Gasteiger partial charge on any atom is 0.320 e. The van der Waals surface area contributed by atoms with Gasteiger partial charge in [-0.2, -0.15) is 0 Å². The van der Waals surface area contributed by atoms with Crippen LogP contribution in [0.25, 0.3) is 0 Å². The van der Waals surface area contributed by atoms with Crippen LogP contribution in [0.15, 0.2) is 0 Å². The molecule has 5 nitrogen and oxygen atoms in total. The first-order valence-corrected chi connectivity index (χ1v) is 3.29. The fourth-order valence-corrected chi connectivity index (χ4v) is 0.487. The van der Waals surface area contributed by atoms with Gasteiger partial charge in [-0.05, 0) is 20.8 Å². The molecule has 0 spiro atoms. The third-order valence-electron chi connectivity index (χ3n) is 1.94. The molecule has 0 saturated heterocycles. The number of rotatable bonds is 3. The van der Waals surface area contributed by atoms with Crippen molar-refractivity contribution in [3.63, 3.8) is 0 Å². The van der Waals surface area contributed by atoms with E-state index in [-0.39, 0.29) is 0 Å². The molecular formula is C6H13NO4. The van der Waals surface area contributed by atoms with Crippen molar-refractivity contribution in [2.75, 3.05) is 0 Å². The Hall–Kier alpha value is -0.680. The molecule has 0 amide bonds. The second-order valence-corrected chi connectivity index (χ2v) is 3.16. The van der Waals surface area contributed by atoms with Crippen molar-refractivity contribution in [2.24, 2.45) is 5.41 Å². The molecule has 0 heterocycles. The smallest absolute Gasteiger partial charge is 0.320 e. The number of hydrogen-bond acceptors (Lipinski definition) is 4. The summed E-state index contributed by atoms with van der Waals surface area (Å²) in [5.74, 6) is 0. The van der Waals surface area contributed by atoms with Gasteiger partial charge in [-0.25, -0.2) is 0 Å². The lowest BCUT2D eigenvalue weighted by Crippen LogP contribution is -2.43. The van der Waals surface area contributed by atoms with Crippen LogP contribution in [0, 0.1) is 15.5 Å². The number of aliphatic hydroxyl groups is 2. The van der Waals surface area contributed by atoms with E-state index in [0.717, 1.165) is 0 Å². The standard InChI is InChI=1S/C6H13NO4/c1-4(8)6(2,3)5(9)7(10)11/h4-5,8-9H,1-3H3. The average Bonchev–Trinajstić information content (AvgIpc) is 1.85. The summed E-state index contributed by atoms with van der Waals surface area (Å²) >= 11 is 0. The summed E-state index contributed by atoms with van der Waals surface area (Å²) in [5, 5.41) is 28.1. The summed E-state index contributed by atoms with van der Waals surface area (Å²) in [4.78, 5) is 9.28. The highest BCUT2D eigenvalue weighted by Gasteiger charge is 2.41. The Labute approximate surface area is 64.8 Å². The quantitative estimate of drug-likeness (QED) is 0.348. The van der Waals surface area contributed by atoms with Crippen molar-refractivity contribution in [1.29, 1.82) is 0 Å². The maximum absolute atomic E-state index is 10.1. The zero-order chi connectivity index (χ0) is 9.23. The number of hydrogen-bond donors (Lipinski definition) is 2. The van der Waals surface area contributed by atoms with Crippen molar-refractivity contribution < 1.29 is 15.1 Å². The largest absolute Gasteiger partial charge is 0.392 e. The highest BCUT2D eigenvalue weighted by molar-refractivity contribution is 4.76. The van der Waals surface area contributed by atoms with E-state index in [4.69, 9.17) is 10.2 Å². The molecule has 0 aliphatic carbocycles. The van der Waals surface area contributed by atoms with Crippen molar-refractivity contribution in [2.45, 2.75) is 33.1 Å². The van der Waals surface area contributed by atoms with E-state index < -0.39 is 22.7 Å². The Bertz CT molecular complexity index is 155. The number of nitrogens with zero attached hydrogens (tertiary/aromatic N) is 1. The molecule has 0 aliphatic heterocycles. The molecule has 66 valence electrons. The molecule has 5 heteroatoms. The molecule has 0 radical (unpaired) electrons. The first-order chi connectivity index (χ1) is 4.80. The van der Waals surface area contributed by atoms with E-state index in [1.54, 1.807) is 0 Å². The highest BCUT2D eigenvalue weighted by Crippen LogP contribution is 2.25. The first kappa shape index (κ1) is 10.3. The van der Waals surface area contributed by atoms with Gasteiger partial charge in [0.25, 0.3) is 0 Å². The van der Waals surface area contributed by atoms with Crippen LogP contribution in [0.3, 0.4) is 0 Å². The van der Waals surface area contributed by atoms with Gasteiger partial charge < -0.3 is 10.2 Å². The lowest BCUT2D eigenvalue weighted by atomic mass is 9.86. The summed E-state index contributed by atoms with van der Waals surface area (Å²) in [6.07, 6.45) is -2.63. The van der Waals surface area contributed by atoms with Gasteiger partial charge in [0.1, 0.15) is 0 Å². The SMILES string of the molecule is CC(O)C(C)(C)C(O)[N+](=O)[O-]. The Morgan fingerprint density at radius 2 is 1.82 bits per heavy atom. The Morgan fingerprint density at radius 1 is 1.45 bits per heavy atom. The highest BCUT2D eigenvalue weighted by atomic mass is 16.7. The van der Waals surface area contributed by atoms with Crippen molar-refractivity contribution in [1.82, 2.24) is 0 Å². The fraction of sp³-hybridized carbons (Fsp3) is 1.00. The minimum atomic E-state index is -1.72. The minimum Gasteiger partial charge on any atom is -0.392 e. The summed E-state index contributed by atoms with van der Waals surface area (Å²) in [7, 11) is 0. The molecule has 2 unspecified atom stereocenters. The second kappa shape index (κ2) is 3.15. The zero-order valence-corrected chi connectivity index (χ0v) is 6.81. The summed E-state index contributed by atoms with van der Waals surface area (Å²) in [5.41, 5.74) is -1.11. The molecule has 0 rings (SSSR count). The number of aliphatic hydroxyl groups excluding tert-OH is 2. The lowest BCUT2D eigenvalue weighted by Gasteiger charge is -2.26. The van der Waals surface area contributed by atoms with Crippen molar-refractivity contribution in [3.8, 4) is 0 Å². The topological polar surface area (TPSA) is 83.6 Å². The molecule has 0 aromatic heterocycles. The number of nitro groups is 1. The van der Waals surface area contributed by atoms with E-state index in [2.05, 4.69) is 0 Å². The Balaban J connectivity index is 4.41. The zero-order valence-electron chi connectivity index (χ0n) is 6.81. The van der Waals surface area contributed by atoms with Crippen LogP contribution in [0.1, 0.15) is 20.8 Å². The van der Waals surface area contributed by atoms with Crippen LogP contribution in [0.2, 0.25) is 0 Å². The molecule has 0 aliphatic rings. The van der Waals surface area contributed by atoms with Crippen LogP contribution in [0.5, 0.6) is 0 Å². The van der Waals surface area contributed by atoms with Gasteiger partial charge in [0.15, 0.2) is 0 Å². The molecule has 0 fully saturated rings. The van der Waals surface area contributed by atoms with E-state index >= 15 is 0 Å². The third-order valence-corrected chi connectivity index (χ3v) is 1.94. The molecular weight excluding hydrogens is 150 g/mol. The van der Waals surface area contributed by atoms with Gasteiger partial charge >= 0.3 is 6.23 Å². The second-order valence-electron chi connectivity index (χ2n) is 3.16. The van der Waals surface area contributed by atoms with E-state index in [9.17, 15) is 10.1 Å². The van der Waals surface area contributed by atoms with Crippen LogP contribution >= 0.6 is 0 Å². The molecule has 0 bridgehead atoms. The van der Waals surface area contributed by atoms with E-state index in [1.807, 2.05) is 0 Å². The maximum atomic E-state index is 10.1. The van der Waals surface area contributed by atoms with Crippen molar-refractivity contribution in [3.05, 3.63) is 10.1 Å². The van der Waals surface area contributed by atoms with Crippen LogP contribution in [-0.2, 0) is 0 Å². The average molecular weight is 163 g/mol. The normalized spacial score (nSPS) is 17.5. The van der Waals surface area contributed by atoms with Crippen molar-refractivity contribution >= 4 is 0 Å². The minimum absolute atomic E-state index is 0.813. The molecule has 2 N–H and O–H groups in total. The molecule has 2 atom stereocenters. The lowest BCUT2D eigenvalue weighted by molar-refractivity contribution is -0.593. The molecule has 0 aromatic carbocycles. The first-order valence-electron chi connectivity index (χ1n) is 3.29. The van der Waals surface area contributed by atoms with Crippen LogP contribution in [-0.4, -0.2) is 27.5 Å². The molecule has 0 aromatic rings. The Morgan fingerprint density at radius 3 is 1.91 bits per heavy atom. The summed E-state index contributed by atoms with van der Waals surface area (Å²) in [6, 6.07) is 0. The van der Waals surface area contributed by atoms with Gasteiger partial charge in [-0.1, -0.05) is 0 Å². The van der Waals surface area contributed by atoms with Crippen LogP contribution in [0.4, 0.5) is 0 Å². The summed E-state index contributed by atoms with van der Waals surface area (Å²) < 4.78 is 0. The van der Waals surface area contributed by atoms with Gasteiger partial charge in [0.05, 0.1) is 16.4 Å². The monoisotopic (exact) mass is 163 g/mol. The Kier molecular flexibility index (Phi) is 2.95. The van der Waals surface area contributed by atoms with E-state index in [1.165, 1.54) is 20.8 Å². The van der Waals surface area contributed by atoms with Gasteiger partial charge in [0.2, 0.25) is 0 Å². The van der Waals surface area contributed by atoms with Crippen LogP contribution < -0.4 is 0 Å². The van der Waals surface area contributed by atoms with Gasteiger partial charge in [0, 0.05) is 0 Å². The predicted molar refractivity (Wildman–Crippen MR) is 38.5 cm³/mol. The molecule has 0 saturated carbocycles. The van der Waals surface area contributed by atoms with Gasteiger partial charge in [-0.3, -0.25) is 10.1 Å². The van der Waals surface area contributed by atoms with E-state index in [0.29, 0.717) is 0 Å². The fourth-order valence-electron chi connectivity index (χ4n) is 0.487. The predicted octanol–water partition coefficient (Wildman–Crippen LogP) is -0.0115. The third kappa shape index (κ3) is 2.13.